The second-order valence-corrected chi connectivity index (χ2v) is 6.82. The van der Waals surface area contributed by atoms with E-state index >= 15 is 0 Å². The normalized spacial score (nSPS) is 23.3. The Bertz CT molecular complexity index is 501. The first kappa shape index (κ1) is 15.0. The van der Waals surface area contributed by atoms with Gasteiger partial charge in [-0.15, -0.1) is 0 Å². The highest BCUT2D eigenvalue weighted by Gasteiger charge is 2.31. The molecule has 5 nitrogen and oxygen atoms in total. The highest BCUT2D eigenvalue weighted by atomic mass is 79.9. The zero-order valence-electron chi connectivity index (χ0n) is 12.5. The van der Waals surface area contributed by atoms with Crippen molar-refractivity contribution in [1.82, 2.24) is 19.4 Å². The molecule has 0 bridgehead atoms. The van der Waals surface area contributed by atoms with Gasteiger partial charge in [-0.2, -0.15) is 5.26 Å². The molecule has 6 heteroatoms. The molecule has 1 aliphatic carbocycles. The zero-order valence-corrected chi connectivity index (χ0v) is 14.1. The maximum absolute atomic E-state index is 9.61. The van der Waals surface area contributed by atoms with Crippen molar-refractivity contribution in [2.75, 3.05) is 26.2 Å². The van der Waals surface area contributed by atoms with Gasteiger partial charge in [-0.1, -0.05) is 12.8 Å². The number of hydrogen-bond acceptors (Lipinski definition) is 4. The molecule has 21 heavy (non-hydrogen) atoms. The summed E-state index contributed by atoms with van der Waals surface area (Å²) in [7, 11) is 1.95. The summed E-state index contributed by atoms with van der Waals surface area (Å²) < 4.78 is 2.73. The van der Waals surface area contributed by atoms with Crippen LogP contribution in [0, 0.1) is 11.3 Å². The molecule has 1 aromatic heterocycles. The van der Waals surface area contributed by atoms with Gasteiger partial charge in [0.15, 0.2) is 0 Å². The van der Waals surface area contributed by atoms with Crippen LogP contribution in [0.3, 0.4) is 0 Å². The van der Waals surface area contributed by atoms with E-state index in [4.69, 9.17) is 0 Å². The Balaban J connectivity index is 1.66. The monoisotopic (exact) mass is 351 g/mol. The van der Waals surface area contributed by atoms with Crippen molar-refractivity contribution in [1.29, 1.82) is 5.26 Å². The summed E-state index contributed by atoms with van der Waals surface area (Å²) >= 11 is 3.47. The number of halogens is 1. The standard InChI is InChI=1S/C15H22BrN5/c1-19-11-18-15(16)14(19)13(10-17)21-8-6-20(7-9-21)12-4-2-3-5-12/h11-13H,2-9H2,1H3. The molecule has 1 aromatic rings. The number of hydrogen-bond donors (Lipinski definition) is 0. The predicted molar refractivity (Wildman–Crippen MR) is 84.7 cm³/mol. The van der Waals surface area contributed by atoms with E-state index in [-0.39, 0.29) is 6.04 Å². The van der Waals surface area contributed by atoms with Gasteiger partial charge in [0.1, 0.15) is 10.6 Å². The summed E-state index contributed by atoms with van der Waals surface area (Å²) in [4.78, 5) is 9.16. The predicted octanol–water partition coefficient (Wildman–Crippen LogP) is 2.31. The van der Waals surface area contributed by atoms with Crippen molar-refractivity contribution in [3.63, 3.8) is 0 Å². The lowest BCUT2D eigenvalue weighted by Gasteiger charge is -2.39. The molecule has 1 saturated carbocycles. The third-order valence-electron chi connectivity index (χ3n) is 4.87. The number of imidazole rings is 1. The fraction of sp³-hybridized carbons (Fsp3) is 0.733. The van der Waals surface area contributed by atoms with Gasteiger partial charge in [-0.3, -0.25) is 9.80 Å². The topological polar surface area (TPSA) is 48.1 Å². The van der Waals surface area contributed by atoms with E-state index in [1.807, 2.05) is 11.6 Å². The van der Waals surface area contributed by atoms with Crippen LogP contribution in [0.4, 0.5) is 0 Å². The summed E-state index contributed by atoms with van der Waals surface area (Å²) in [5.41, 5.74) is 0.965. The van der Waals surface area contributed by atoms with Gasteiger partial charge in [0, 0.05) is 39.3 Å². The molecule has 114 valence electrons. The molecule has 2 fully saturated rings. The second kappa shape index (κ2) is 6.47. The maximum atomic E-state index is 9.61. The molecule has 1 saturated heterocycles. The van der Waals surface area contributed by atoms with Gasteiger partial charge in [0.2, 0.25) is 0 Å². The number of nitrogens with zero attached hydrogens (tertiary/aromatic N) is 5. The van der Waals surface area contributed by atoms with Gasteiger partial charge in [-0.05, 0) is 28.8 Å². The van der Waals surface area contributed by atoms with Crippen molar-refractivity contribution >= 4 is 15.9 Å². The molecule has 2 aliphatic rings. The van der Waals surface area contributed by atoms with Gasteiger partial charge in [-0.25, -0.2) is 4.98 Å². The summed E-state index contributed by atoms with van der Waals surface area (Å²) in [5.74, 6) is 0. The highest BCUT2D eigenvalue weighted by molar-refractivity contribution is 9.10. The number of piperazine rings is 1. The molecule has 0 N–H and O–H groups in total. The van der Waals surface area contributed by atoms with Crippen molar-refractivity contribution in [3.8, 4) is 6.07 Å². The van der Waals surface area contributed by atoms with E-state index in [0.717, 1.165) is 42.5 Å². The molecule has 1 unspecified atom stereocenters. The van der Waals surface area contributed by atoms with Crippen LogP contribution in [0.2, 0.25) is 0 Å². The van der Waals surface area contributed by atoms with Gasteiger partial charge in [0.05, 0.1) is 18.1 Å². The van der Waals surface area contributed by atoms with Crippen molar-refractivity contribution in [2.24, 2.45) is 7.05 Å². The zero-order chi connectivity index (χ0) is 14.8. The average Bonchev–Trinajstić information content (AvgIpc) is 3.14. The lowest BCUT2D eigenvalue weighted by molar-refractivity contribution is 0.0822. The lowest BCUT2D eigenvalue weighted by atomic mass is 10.1. The fourth-order valence-electron chi connectivity index (χ4n) is 3.66. The van der Waals surface area contributed by atoms with Crippen LogP contribution in [0.25, 0.3) is 0 Å². The minimum Gasteiger partial charge on any atom is -0.334 e. The van der Waals surface area contributed by atoms with Crippen molar-refractivity contribution in [2.45, 2.75) is 37.8 Å². The first-order valence-electron chi connectivity index (χ1n) is 7.75. The number of rotatable bonds is 3. The molecule has 0 amide bonds. The third-order valence-corrected chi connectivity index (χ3v) is 5.48. The smallest absolute Gasteiger partial charge is 0.141 e. The Labute approximate surface area is 134 Å². The average molecular weight is 352 g/mol. The lowest BCUT2D eigenvalue weighted by Crippen LogP contribution is -2.50. The highest BCUT2D eigenvalue weighted by Crippen LogP contribution is 2.29. The minimum atomic E-state index is -0.211. The van der Waals surface area contributed by atoms with E-state index in [1.165, 1.54) is 25.7 Å². The first-order chi connectivity index (χ1) is 10.2. The molecule has 3 rings (SSSR count). The molecule has 1 atom stereocenters. The molecule has 0 radical (unpaired) electrons. The number of nitriles is 1. The Hall–Kier alpha value is -0.900. The van der Waals surface area contributed by atoms with E-state index in [1.54, 1.807) is 6.33 Å². The molecule has 2 heterocycles. The van der Waals surface area contributed by atoms with E-state index in [2.05, 4.69) is 36.8 Å². The Morgan fingerprint density at radius 3 is 2.48 bits per heavy atom. The Morgan fingerprint density at radius 1 is 1.29 bits per heavy atom. The number of aryl methyl sites for hydroxylation is 1. The SMILES string of the molecule is Cn1cnc(Br)c1C(C#N)N1CCN(C2CCCC2)CC1. The summed E-state index contributed by atoms with van der Waals surface area (Å²) in [6.45, 7) is 4.09. The molecule has 0 spiro atoms. The number of aromatic nitrogens is 2. The van der Waals surface area contributed by atoms with Crippen molar-refractivity contribution < 1.29 is 0 Å². The van der Waals surface area contributed by atoms with E-state index in [0.29, 0.717) is 0 Å². The van der Waals surface area contributed by atoms with Gasteiger partial charge < -0.3 is 4.57 Å². The van der Waals surface area contributed by atoms with Gasteiger partial charge in [0.25, 0.3) is 0 Å². The van der Waals surface area contributed by atoms with Crippen LogP contribution in [-0.2, 0) is 7.05 Å². The summed E-state index contributed by atoms with van der Waals surface area (Å²) in [6, 6.07) is 3.03. The quantitative estimate of drug-likeness (QED) is 0.838. The molecule has 1 aliphatic heterocycles. The molecule has 0 aromatic carbocycles. The second-order valence-electron chi connectivity index (χ2n) is 6.07. The minimum absolute atomic E-state index is 0.211. The van der Waals surface area contributed by atoms with Crippen LogP contribution >= 0.6 is 15.9 Å². The molecular weight excluding hydrogens is 330 g/mol. The Morgan fingerprint density at radius 2 is 1.95 bits per heavy atom. The van der Waals surface area contributed by atoms with E-state index < -0.39 is 0 Å². The van der Waals surface area contributed by atoms with Crippen molar-refractivity contribution in [3.05, 3.63) is 16.6 Å². The van der Waals surface area contributed by atoms with Crippen LogP contribution < -0.4 is 0 Å². The van der Waals surface area contributed by atoms with E-state index in [9.17, 15) is 5.26 Å². The largest absolute Gasteiger partial charge is 0.334 e. The van der Waals surface area contributed by atoms with Gasteiger partial charge >= 0.3 is 0 Å². The third kappa shape index (κ3) is 3.01. The molecular formula is C15H22BrN5. The van der Waals surface area contributed by atoms with Crippen LogP contribution in [0.15, 0.2) is 10.9 Å². The maximum Gasteiger partial charge on any atom is 0.141 e. The Kier molecular flexibility index (Phi) is 4.63. The summed E-state index contributed by atoms with van der Waals surface area (Å²) in [5, 5.41) is 9.61. The summed E-state index contributed by atoms with van der Waals surface area (Å²) in [6.07, 6.45) is 7.24. The van der Waals surface area contributed by atoms with Crippen LogP contribution in [-0.4, -0.2) is 51.6 Å². The van der Waals surface area contributed by atoms with Crippen LogP contribution in [0.5, 0.6) is 0 Å². The fourth-order valence-corrected chi connectivity index (χ4v) is 4.25. The first-order valence-corrected chi connectivity index (χ1v) is 8.54. The van der Waals surface area contributed by atoms with Crippen LogP contribution in [0.1, 0.15) is 37.4 Å².